The molecule has 1 heterocycles. The number of hydrogen-bond donors (Lipinski definition) is 1. The molecule has 1 aromatic heterocycles. The van der Waals surface area contributed by atoms with Gasteiger partial charge in [0, 0.05) is 18.7 Å². The molecule has 15 heavy (non-hydrogen) atoms. The van der Waals surface area contributed by atoms with Crippen molar-refractivity contribution in [2.24, 2.45) is 0 Å². The van der Waals surface area contributed by atoms with Gasteiger partial charge >= 0.3 is 0 Å². The summed E-state index contributed by atoms with van der Waals surface area (Å²) in [5, 5.41) is 0. The number of hydrogen-bond acceptors (Lipinski definition) is 4. The van der Waals surface area contributed by atoms with E-state index in [1.807, 2.05) is 0 Å². The standard InChI is InChI=1S/C10H17BrN4/c1-4-7(3)15(5-2)10-13-8(11)6-9(12)14-10/h6-7H,4-5H2,1-3H3,(H2,12,13,14). The van der Waals surface area contributed by atoms with E-state index in [1.54, 1.807) is 6.07 Å². The fourth-order valence-electron chi connectivity index (χ4n) is 1.42. The van der Waals surface area contributed by atoms with Gasteiger partial charge in [-0.15, -0.1) is 0 Å². The van der Waals surface area contributed by atoms with Gasteiger partial charge in [-0.3, -0.25) is 0 Å². The molecule has 0 saturated carbocycles. The van der Waals surface area contributed by atoms with Gasteiger partial charge in [-0.05, 0) is 36.2 Å². The first-order valence-electron chi connectivity index (χ1n) is 5.15. The highest BCUT2D eigenvalue weighted by atomic mass is 79.9. The Kier molecular flexibility index (Phi) is 4.32. The fraction of sp³-hybridized carbons (Fsp3) is 0.600. The zero-order valence-corrected chi connectivity index (χ0v) is 11.0. The summed E-state index contributed by atoms with van der Waals surface area (Å²) in [6.45, 7) is 7.27. The second-order valence-electron chi connectivity index (χ2n) is 3.46. The van der Waals surface area contributed by atoms with E-state index in [0.29, 0.717) is 17.8 Å². The van der Waals surface area contributed by atoms with Crippen LogP contribution >= 0.6 is 15.9 Å². The molecule has 0 fully saturated rings. The summed E-state index contributed by atoms with van der Waals surface area (Å²) in [7, 11) is 0. The summed E-state index contributed by atoms with van der Waals surface area (Å²) in [5.41, 5.74) is 5.69. The molecule has 4 nitrogen and oxygen atoms in total. The summed E-state index contributed by atoms with van der Waals surface area (Å²) in [4.78, 5) is 10.7. The smallest absolute Gasteiger partial charge is 0.228 e. The molecule has 1 aromatic rings. The first-order valence-corrected chi connectivity index (χ1v) is 5.94. The van der Waals surface area contributed by atoms with Crippen LogP contribution in [0.4, 0.5) is 11.8 Å². The Bertz CT molecular complexity index is 309. The van der Waals surface area contributed by atoms with Crippen LogP contribution in [-0.2, 0) is 0 Å². The predicted octanol–water partition coefficient (Wildman–Crippen LogP) is 2.45. The molecule has 0 aromatic carbocycles. The minimum Gasteiger partial charge on any atom is -0.383 e. The number of halogens is 1. The van der Waals surface area contributed by atoms with Crippen molar-refractivity contribution in [3.63, 3.8) is 0 Å². The average molecular weight is 273 g/mol. The molecule has 0 aliphatic rings. The molecule has 1 atom stereocenters. The number of rotatable bonds is 4. The maximum absolute atomic E-state index is 5.69. The lowest BCUT2D eigenvalue weighted by atomic mass is 10.2. The topological polar surface area (TPSA) is 55.0 Å². The molecule has 84 valence electrons. The number of nitrogens with two attached hydrogens (primary N) is 1. The van der Waals surface area contributed by atoms with E-state index in [1.165, 1.54) is 0 Å². The maximum Gasteiger partial charge on any atom is 0.228 e. The third kappa shape index (κ3) is 3.06. The Morgan fingerprint density at radius 3 is 2.60 bits per heavy atom. The summed E-state index contributed by atoms with van der Waals surface area (Å²) in [5.74, 6) is 1.19. The van der Waals surface area contributed by atoms with Gasteiger partial charge in [0.15, 0.2) is 0 Å². The second kappa shape index (κ2) is 5.30. The zero-order valence-electron chi connectivity index (χ0n) is 9.37. The highest BCUT2D eigenvalue weighted by Gasteiger charge is 2.14. The van der Waals surface area contributed by atoms with E-state index in [9.17, 15) is 0 Å². The van der Waals surface area contributed by atoms with Crippen LogP contribution in [0.2, 0.25) is 0 Å². The number of anilines is 2. The molecule has 5 heteroatoms. The van der Waals surface area contributed by atoms with Gasteiger partial charge in [-0.25, -0.2) is 4.98 Å². The predicted molar refractivity (Wildman–Crippen MR) is 66.9 cm³/mol. The van der Waals surface area contributed by atoms with Crippen molar-refractivity contribution in [3.8, 4) is 0 Å². The van der Waals surface area contributed by atoms with Gasteiger partial charge in [-0.1, -0.05) is 6.92 Å². The second-order valence-corrected chi connectivity index (χ2v) is 4.27. The van der Waals surface area contributed by atoms with Crippen LogP contribution in [0, 0.1) is 0 Å². The van der Waals surface area contributed by atoms with Crippen LogP contribution in [0.3, 0.4) is 0 Å². The number of aromatic nitrogens is 2. The van der Waals surface area contributed by atoms with E-state index >= 15 is 0 Å². The van der Waals surface area contributed by atoms with Crippen molar-refractivity contribution in [1.29, 1.82) is 0 Å². The third-order valence-electron chi connectivity index (χ3n) is 2.42. The van der Waals surface area contributed by atoms with E-state index in [-0.39, 0.29) is 0 Å². The lowest BCUT2D eigenvalue weighted by molar-refractivity contribution is 0.614. The van der Waals surface area contributed by atoms with Crippen LogP contribution in [0.25, 0.3) is 0 Å². The molecule has 0 bridgehead atoms. The molecule has 1 rings (SSSR count). The Morgan fingerprint density at radius 1 is 1.47 bits per heavy atom. The molecular weight excluding hydrogens is 256 g/mol. The summed E-state index contributed by atoms with van der Waals surface area (Å²) < 4.78 is 0.728. The maximum atomic E-state index is 5.69. The molecule has 0 radical (unpaired) electrons. The average Bonchev–Trinajstić information content (AvgIpc) is 2.17. The quantitative estimate of drug-likeness (QED) is 0.856. The fourth-order valence-corrected chi connectivity index (χ4v) is 1.81. The van der Waals surface area contributed by atoms with Gasteiger partial charge in [0.05, 0.1) is 0 Å². The van der Waals surface area contributed by atoms with Gasteiger partial charge in [-0.2, -0.15) is 4.98 Å². The van der Waals surface area contributed by atoms with Gasteiger partial charge in [0.25, 0.3) is 0 Å². The molecule has 0 saturated heterocycles. The SMILES string of the molecule is CCC(C)N(CC)c1nc(N)cc(Br)n1. The molecular formula is C10H17BrN4. The lowest BCUT2D eigenvalue weighted by Gasteiger charge is -2.27. The monoisotopic (exact) mass is 272 g/mol. The van der Waals surface area contributed by atoms with Gasteiger partial charge < -0.3 is 10.6 Å². The number of nitrogen functional groups attached to an aromatic ring is 1. The molecule has 0 aliphatic carbocycles. The molecule has 0 aliphatic heterocycles. The van der Waals surface area contributed by atoms with Crippen molar-refractivity contribution < 1.29 is 0 Å². The first kappa shape index (κ1) is 12.2. The Labute approximate surface area is 99.0 Å². The van der Waals surface area contributed by atoms with Crippen molar-refractivity contribution in [2.45, 2.75) is 33.2 Å². The van der Waals surface area contributed by atoms with E-state index in [4.69, 9.17) is 5.73 Å². The Balaban J connectivity index is 3.01. The van der Waals surface area contributed by atoms with Crippen LogP contribution in [-0.4, -0.2) is 22.6 Å². The van der Waals surface area contributed by atoms with Crippen molar-refractivity contribution in [2.75, 3.05) is 17.2 Å². The molecule has 1 unspecified atom stereocenters. The highest BCUT2D eigenvalue weighted by Crippen LogP contribution is 2.18. The van der Waals surface area contributed by atoms with Crippen LogP contribution in [0.15, 0.2) is 10.7 Å². The molecule has 0 amide bonds. The van der Waals surface area contributed by atoms with Crippen LogP contribution in [0.5, 0.6) is 0 Å². The van der Waals surface area contributed by atoms with Crippen LogP contribution in [0.1, 0.15) is 27.2 Å². The van der Waals surface area contributed by atoms with Gasteiger partial charge in [0.2, 0.25) is 5.95 Å². The molecule has 2 N–H and O–H groups in total. The summed E-state index contributed by atoms with van der Waals surface area (Å²) in [6, 6.07) is 2.12. The minimum absolute atomic E-state index is 0.420. The summed E-state index contributed by atoms with van der Waals surface area (Å²) >= 11 is 3.32. The third-order valence-corrected chi connectivity index (χ3v) is 2.83. The number of nitrogens with zero attached hydrogens (tertiary/aromatic N) is 3. The normalized spacial score (nSPS) is 12.5. The Morgan fingerprint density at radius 2 is 2.13 bits per heavy atom. The first-order chi connectivity index (χ1) is 7.08. The minimum atomic E-state index is 0.420. The Hall–Kier alpha value is -0.840. The largest absolute Gasteiger partial charge is 0.383 e. The van der Waals surface area contributed by atoms with Crippen molar-refractivity contribution in [3.05, 3.63) is 10.7 Å². The molecule has 0 spiro atoms. The van der Waals surface area contributed by atoms with E-state index in [2.05, 4.69) is 51.6 Å². The van der Waals surface area contributed by atoms with Gasteiger partial charge in [0.1, 0.15) is 10.4 Å². The van der Waals surface area contributed by atoms with Crippen molar-refractivity contribution >= 4 is 27.7 Å². The van der Waals surface area contributed by atoms with E-state index < -0.39 is 0 Å². The van der Waals surface area contributed by atoms with Crippen LogP contribution < -0.4 is 10.6 Å². The van der Waals surface area contributed by atoms with E-state index in [0.717, 1.165) is 17.6 Å². The zero-order chi connectivity index (χ0) is 11.4. The summed E-state index contributed by atoms with van der Waals surface area (Å²) in [6.07, 6.45) is 1.06. The lowest BCUT2D eigenvalue weighted by Crippen LogP contribution is -2.33. The van der Waals surface area contributed by atoms with Crippen molar-refractivity contribution in [1.82, 2.24) is 9.97 Å². The highest BCUT2D eigenvalue weighted by molar-refractivity contribution is 9.10.